The Balaban J connectivity index is 1.75. The molecule has 20 heavy (non-hydrogen) atoms. The zero-order valence-corrected chi connectivity index (χ0v) is 11.7. The molecule has 3 rings (SSSR count). The molecule has 1 aromatic rings. The molecule has 2 fully saturated rings. The molecule has 0 N–H and O–H groups in total. The van der Waals surface area contributed by atoms with E-state index in [9.17, 15) is 18.0 Å². The van der Waals surface area contributed by atoms with E-state index in [1.54, 1.807) is 0 Å². The van der Waals surface area contributed by atoms with Crippen molar-refractivity contribution in [2.45, 2.75) is 42.6 Å². The second-order valence-corrected chi connectivity index (χ2v) is 7.20. The topological polar surface area (TPSA) is 17.1 Å². The minimum Gasteiger partial charge on any atom is -0.299 e. The van der Waals surface area contributed by atoms with Crippen LogP contribution in [0.15, 0.2) is 12.1 Å². The van der Waals surface area contributed by atoms with Crippen molar-refractivity contribution in [1.29, 1.82) is 0 Å². The van der Waals surface area contributed by atoms with E-state index in [0.717, 1.165) is 37.8 Å². The SMILES string of the molecule is O=C(Cc1c(F)ccc(F)c1F)C1CC2CCC(C1)S2. The van der Waals surface area contributed by atoms with Crippen molar-refractivity contribution in [3.8, 4) is 0 Å². The van der Waals surface area contributed by atoms with Crippen molar-refractivity contribution >= 4 is 17.5 Å². The molecule has 108 valence electrons. The molecule has 2 unspecified atom stereocenters. The fourth-order valence-electron chi connectivity index (χ4n) is 3.17. The van der Waals surface area contributed by atoms with Crippen molar-refractivity contribution in [2.75, 3.05) is 0 Å². The molecule has 5 heteroatoms. The van der Waals surface area contributed by atoms with Crippen molar-refractivity contribution in [2.24, 2.45) is 5.92 Å². The third-order valence-electron chi connectivity index (χ3n) is 4.24. The van der Waals surface area contributed by atoms with Gasteiger partial charge >= 0.3 is 0 Å². The summed E-state index contributed by atoms with van der Waals surface area (Å²) >= 11 is 1.93. The normalized spacial score (nSPS) is 28.6. The number of rotatable bonds is 3. The van der Waals surface area contributed by atoms with Gasteiger partial charge in [-0.2, -0.15) is 11.8 Å². The van der Waals surface area contributed by atoms with Crippen LogP contribution >= 0.6 is 11.8 Å². The first-order valence-corrected chi connectivity index (χ1v) is 7.79. The van der Waals surface area contributed by atoms with Crippen LogP contribution in [0, 0.1) is 23.4 Å². The molecule has 0 saturated carbocycles. The van der Waals surface area contributed by atoms with Crippen molar-refractivity contribution in [3.63, 3.8) is 0 Å². The van der Waals surface area contributed by atoms with Crippen LogP contribution in [0.25, 0.3) is 0 Å². The molecule has 1 aromatic carbocycles. The molecule has 2 heterocycles. The van der Waals surface area contributed by atoms with Crippen molar-refractivity contribution in [3.05, 3.63) is 35.1 Å². The Labute approximate surface area is 119 Å². The van der Waals surface area contributed by atoms with Gasteiger partial charge in [0.1, 0.15) is 11.6 Å². The predicted molar refractivity (Wildman–Crippen MR) is 72.2 cm³/mol. The molecule has 0 radical (unpaired) electrons. The largest absolute Gasteiger partial charge is 0.299 e. The third-order valence-corrected chi connectivity index (χ3v) is 5.86. The first-order valence-electron chi connectivity index (χ1n) is 6.85. The van der Waals surface area contributed by atoms with Crippen molar-refractivity contribution in [1.82, 2.24) is 0 Å². The van der Waals surface area contributed by atoms with Gasteiger partial charge in [0.25, 0.3) is 0 Å². The van der Waals surface area contributed by atoms with Crippen LogP contribution in [0.3, 0.4) is 0 Å². The summed E-state index contributed by atoms with van der Waals surface area (Å²) in [5.41, 5.74) is -0.430. The summed E-state index contributed by atoms with van der Waals surface area (Å²) in [7, 11) is 0. The number of carbonyl (C=O) groups is 1. The molecule has 0 aromatic heterocycles. The van der Waals surface area contributed by atoms with Gasteiger partial charge in [-0.25, -0.2) is 13.2 Å². The first kappa shape index (κ1) is 14.0. The number of ketones is 1. The number of hydrogen-bond acceptors (Lipinski definition) is 2. The van der Waals surface area contributed by atoms with E-state index in [4.69, 9.17) is 0 Å². The van der Waals surface area contributed by atoms with E-state index in [1.165, 1.54) is 0 Å². The molecule has 2 saturated heterocycles. The Morgan fingerprint density at radius 3 is 2.35 bits per heavy atom. The highest BCUT2D eigenvalue weighted by atomic mass is 32.2. The lowest BCUT2D eigenvalue weighted by atomic mass is 9.90. The molecule has 2 aliphatic heterocycles. The summed E-state index contributed by atoms with van der Waals surface area (Å²) in [6.45, 7) is 0. The highest BCUT2D eigenvalue weighted by molar-refractivity contribution is 8.00. The summed E-state index contributed by atoms with van der Waals surface area (Å²) in [6, 6.07) is 1.62. The molecule has 0 aliphatic carbocycles. The average molecular weight is 300 g/mol. The van der Waals surface area contributed by atoms with Crippen LogP contribution in [0.1, 0.15) is 31.2 Å². The molecule has 2 bridgehead atoms. The smallest absolute Gasteiger partial charge is 0.165 e. The first-order chi connectivity index (χ1) is 9.54. The lowest BCUT2D eigenvalue weighted by Crippen LogP contribution is -2.26. The van der Waals surface area contributed by atoms with Gasteiger partial charge in [0.05, 0.1) is 0 Å². The zero-order chi connectivity index (χ0) is 14.3. The molecule has 1 nitrogen and oxygen atoms in total. The van der Waals surface area contributed by atoms with E-state index < -0.39 is 23.0 Å². The Morgan fingerprint density at radius 1 is 1.10 bits per heavy atom. The van der Waals surface area contributed by atoms with E-state index in [0.29, 0.717) is 10.5 Å². The van der Waals surface area contributed by atoms with Crippen LogP contribution in [-0.2, 0) is 11.2 Å². The summed E-state index contributed by atoms with van der Waals surface area (Å²) in [5, 5.41) is 1.01. The quantitative estimate of drug-likeness (QED) is 0.788. The summed E-state index contributed by atoms with van der Waals surface area (Å²) in [5.74, 6) is -3.47. The van der Waals surface area contributed by atoms with Crippen LogP contribution in [0.5, 0.6) is 0 Å². The summed E-state index contributed by atoms with van der Waals surface area (Å²) in [4.78, 5) is 12.2. The highest BCUT2D eigenvalue weighted by Crippen LogP contribution is 2.46. The van der Waals surface area contributed by atoms with Gasteiger partial charge in [-0.1, -0.05) is 0 Å². The van der Waals surface area contributed by atoms with Crippen LogP contribution in [-0.4, -0.2) is 16.3 Å². The number of halogens is 3. The van der Waals surface area contributed by atoms with Crippen LogP contribution in [0.4, 0.5) is 13.2 Å². The average Bonchev–Trinajstić information content (AvgIpc) is 2.77. The second-order valence-electron chi connectivity index (χ2n) is 5.59. The lowest BCUT2D eigenvalue weighted by molar-refractivity contribution is -0.122. The number of thioether (sulfide) groups is 1. The maximum absolute atomic E-state index is 13.6. The van der Waals surface area contributed by atoms with E-state index in [-0.39, 0.29) is 18.1 Å². The fraction of sp³-hybridized carbons (Fsp3) is 0.533. The van der Waals surface area contributed by atoms with Gasteiger partial charge < -0.3 is 0 Å². The monoisotopic (exact) mass is 300 g/mol. The minimum atomic E-state index is -1.23. The van der Waals surface area contributed by atoms with Gasteiger partial charge in [-0.3, -0.25) is 4.79 Å². The second kappa shape index (κ2) is 5.43. The molecular weight excluding hydrogens is 285 g/mol. The molecular formula is C15H15F3OS. The summed E-state index contributed by atoms with van der Waals surface area (Å²) in [6.07, 6.45) is 3.49. The summed E-state index contributed by atoms with van der Waals surface area (Å²) < 4.78 is 40.3. The molecule has 0 spiro atoms. The van der Waals surface area contributed by atoms with Gasteiger partial charge in [0.15, 0.2) is 11.6 Å². The highest BCUT2D eigenvalue weighted by Gasteiger charge is 2.37. The van der Waals surface area contributed by atoms with Gasteiger partial charge in [-0.15, -0.1) is 0 Å². The Hall–Kier alpha value is -0.970. The van der Waals surface area contributed by atoms with Gasteiger partial charge in [0, 0.05) is 28.4 Å². The minimum absolute atomic E-state index is 0.129. The van der Waals surface area contributed by atoms with E-state index in [1.807, 2.05) is 11.8 Å². The maximum Gasteiger partial charge on any atom is 0.165 e. The Kier molecular flexibility index (Phi) is 3.80. The Morgan fingerprint density at radius 2 is 1.70 bits per heavy atom. The predicted octanol–water partition coefficient (Wildman–Crippen LogP) is 3.89. The number of hydrogen-bond donors (Lipinski definition) is 0. The lowest BCUT2D eigenvalue weighted by Gasteiger charge is -2.26. The standard InChI is InChI=1S/C15H15F3OS/c16-12-3-4-13(17)15(18)11(12)7-14(19)8-5-9-1-2-10(6-8)20-9/h3-4,8-10H,1-2,5-7H2. The number of Topliss-reactive ketones (excluding diaryl/α,β-unsaturated/α-hetero) is 1. The molecule has 2 aliphatic rings. The van der Waals surface area contributed by atoms with Crippen LogP contribution < -0.4 is 0 Å². The maximum atomic E-state index is 13.6. The van der Waals surface area contributed by atoms with E-state index in [2.05, 4.69) is 0 Å². The van der Waals surface area contributed by atoms with Crippen molar-refractivity contribution < 1.29 is 18.0 Å². The Bertz CT molecular complexity index is 534. The third kappa shape index (κ3) is 2.60. The number of fused-ring (bicyclic) bond motifs is 2. The molecule has 0 amide bonds. The van der Waals surface area contributed by atoms with E-state index >= 15 is 0 Å². The number of benzene rings is 1. The van der Waals surface area contributed by atoms with Gasteiger partial charge in [0.2, 0.25) is 0 Å². The number of carbonyl (C=O) groups excluding carboxylic acids is 1. The van der Waals surface area contributed by atoms with Gasteiger partial charge in [-0.05, 0) is 37.8 Å². The zero-order valence-electron chi connectivity index (χ0n) is 10.9. The molecule has 2 atom stereocenters. The fourth-order valence-corrected chi connectivity index (χ4v) is 4.95. The van der Waals surface area contributed by atoms with Crippen LogP contribution in [0.2, 0.25) is 0 Å².